The number of aromatic nitrogens is 3. The summed E-state index contributed by atoms with van der Waals surface area (Å²) in [4.78, 5) is 12.9. The van der Waals surface area contributed by atoms with E-state index in [1.165, 1.54) is 11.8 Å². The van der Waals surface area contributed by atoms with Crippen molar-refractivity contribution in [1.82, 2.24) is 14.8 Å². The Morgan fingerprint density at radius 3 is 2.47 bits per heavy atom. The molecule has 1 aromatic heterocycles. The lowest BCUT2D eigenvalue weighted by atomic mass is 10.1. The van der Waals surface area contributed by atoms with Crippen molar-refractivity contribution in [2.24, 2.45) is 0 Å². The van der Waals surface area contributed by atoms with Gasteiger partial charge in [-0.15, -0.1) is 10.2 Å². The molecule has 1 aliphatic rings. The van der Waals surface area contributed by atoms with Crippen LogP contribution in [0.2, 0.25) is 0 Å². The molecule has 0 aliphatic carbocycles. The number of Topliss-reactive ketones (excluding diaryl/α,β-unsaturated/α-hetero) is 1. The van der Waals surface area contributed by atoms with Gasteiger partial charge in [-0.1, -0.05) is 78.5 Å². The zero-order valence-corrected chi connectivity index (χ0v) is 18.3. The smallest absolute Gasteiger partial charge is 0.231 e. The Morgan fingerprint density at radius 1 is 0.969 bits per heavy atom. The number of ketones is 1. The van der Waals surface area contributed by atoms with Gasteiger partial charge in [-0.25, -0.2) is 0 Å². The topological polar surface area (TPSA) is 66.2 Å². The second-order valence-corrected chi connectivity index (χ2v) is 8.74. The molecule has 1 aliphatic heterocycles. The van der Waals surface area contributed by atoms with E-state index in [-0.39, 0.29) is 17.8 Å². The maximum atomic E-state index is 12.9. The Kier molecular flexibility index (Phi) is 5.64. The van der Waals surface area contributed by atoms with Gasteiger partial charge in [0.2, 0.25) is 6.79 Å². The summed E-state index contributed by atoms with van der Waals surface area (Å²) in [6.45, 7) is 2.69. The molecule has 32 heavy (non-hydrogen) atoms. The molecule has 0 saturated carbocycles. The molecule has 4 aromatic rings. The highest BCUT2D eigenvalue weighted by Gasteiger charge is 2.22. The lowest BCUT2D eigenvalue weighted by Gasteiger charge is -2.14. The average molecular weight is 444 g/mol. The zero-order chi connectivity index (χ0) is 21.9. The number of thioether (sulfide) groups is 1. The number of benzene rings is 3. The first-order chi connectivity index (χ1) is 15.7. The number of nitrogens with zero attached hydrogens (tertiary/aromatic N) is 3. The van der Waals surface area contributed by atoms with E-state index in [0.717, 1.165) is 28.5 Å². The van der Waals surface area contributed by atoms with Crippen molar-refractivity contribution < 1.29 is 14.3 Å². The highest BCUT2D eigenvalue weighted by Crippen LogP contribution is 2.34. The van der Waals surface area contributed by atoms with Gasteiger partial charge in [-0.05, 0) is 24.6 Å². The van der Waals surface area contributed by atoms with E-state index in [2.05, 4.69) is 10.2 Å². The fourth-order valence-electron chi connectivity index (χ4n) is 3.59. The number of carbonyl (C=O) groups is 1. The molecule has 7 heteroatoms. The first-order valence-corrected chi connectivity index (χ1v) is 11.2. The third kappa shape index (κ3) is 4.11. The number of carbonyl (C=O) groups excluding carboxylic acids is 1. The molecule has 5 rings (SSSR count). The standard InChI is InChI=1S/C25H21N3O3S/c1-17(23(29)19-8-4-2-5-9-19)32-25-27-26-24(20-10-6-3-7-11-20)28(25)15-18-12-13-21-22(14-18)31-16-30-21/h2-14,17H,15-16H2,1H3/t17-/m0/s1. The van der Waals surface area contributed by atoms with Gasteiger partial charge in [-0.2, -0.15) is 0 Å². The number of fused-ring (bicyclic) bond motifs is 1. The monoisotopic (exact) mass is 443 g/mol. The lowest BCUT2D eigenvalue weighted by molar-refractivity contribution is 0.0994. The van der Waals surface area contributed by atoms with E-state index in [9.17, 15) is 4.79 Å². The van der Waals surface area contributed by atoms with Crippen LogP contribution in [-0.2, 0) is 6.54 Å². The van der Waals surface area contributed by atoms with Gasteiger partial charge < -0.3 is 9.47 Å². The van der Waals surface area contributed by atoms with Crippen LogP contribution in [0.3, 0.4) is 0 Å². The van der Waals surface area contributed by atoms with Crippen molar-refractivity contribution in [2.45, 2.75) is 23.9 Å². The Bertz CT molecular complexity index is 1240. The highest BCUT2D eigenvalue weighted by atomic mass is 32.2. The normalized spacial score (nSPS) is 13.2. The maximum Gasteiger partial charge on any atom is 0.231 e. The minimum Gasteiger partial charge on any atom is -0.454 e. The quantitative estimate of drug-likeness (QED) is 0.293. The van der Waals surface area contributed by atoms with E-state index >= 15 is 0 Å². The molecule has 0 amide bonds. The summed E-state index contributed by atoms with van der Waals surface area (Å²) in [6.07, 6.45) is 0. The second kappa shape index (κ2) is 8.88. The molecule has 0 N–H and O–H groups in total. The van der Waals surface area contributed by atoms with Crippen LogP contribution in [0.5, 0.6) is 11.5 Å². The summed E-state index contributed by atoms with van der Waals surface area (Å²) in [6, 6.07) is 25.2. The molecule has 0 fully saturated rings. The van der Waals surface area contributed by atoms with Crippen molar-refractivity contribution in [2.75, 3.05) is 6.79 Å². The predicted molar refractivity (Wildman–Crippen MR) is 123 cm³/mol. The summed E-state index contributed by atoms with van der Waals surface area (Å²) in [5.41, 5.74) is 2.70. The summed E-state index contributed by atoms with van der Waals surface area (Å²) < 4.78 is 13.0. The van der Waals surface area contributed by atoms with Gasteiger partial charge in [0.05, 0.1) is 11.8 Å². The first kappa shape index (κ1) is 20.3. The van der Waals surface area contributed by atoms with Crippen molar-refractivity contribution in [3.05, 3.63) is 90.0 Å². The zero-order valence-electron chi connectivity index (χ0n) is 17.5. The lowest BCUT2D eigenvalue weighted by Crippen LogP contribution is -2.15. The number of hydrogen-bond acceptors (Lipinski definition) is 6. The van der Waals surface area contributed by atoms with Crippen LogP contribution < -0.4 is 9.47 Å². The third-order valence-electron chi connectivity index (χ3n) is 5.24. The van der Waals surface area contributed by atoms with Gasteiger partial charge in [0, 0.05) is 11.1 Å². The van der Waals surface area contributed by atoms with Crippen LogP contribution in [-0.4, -0.2) is 32.6 Å². The van der Waals surface area contributed by atoms with Crippen LogP contribution in [0.1, 0.15) is 22.8 Å². The molecule has 160 valence electrons. The minimum atomic E-state index is -0.305. The van der Waals surface area contributed by atoms with E-state index in [1.54, 1.807) is 0 Å². The average Bonchev–Trinajstić information content (AvgIpc) is 3.46. The summed E-state index contributed by atoms with van der Waals surface area (Å²) in [7, 11) is 0. The van der Waals surface area contributed by atoms with E-state index in [0.29, 0.717) is 17.3 Å². The fraction of sp³-hybridized carbons (Fsp3) is 0.160. The van der Waals surface area contributed by atoms with Crippen molar-refractivity contribution in [3.8, 4) is 22.9 Å². The second-order valence-electron chi connectivity index (χ2n) is 7.44. The minimum absolute atomic E-state index is 0.0643. The summed E-state index contributed by atoms with van der Waals surface area (Å²) in [5, 5.41) is 9.30. The van der Waals surface area contributed by atoms with Crippen molar-refractivity contribution in [1.29, 1.82) is 0 Å². The van der Waals surface area contributed by atoms with Gasteiger partial charge >= 0.3 is 0 Å². The van der Waals surface area contributed by atoms with Crippen LogP contribution in [0, 0.1) is 0 Å². The molecular formula is C25H21N3O3S. The summed E-state index contributed by atoms with van der Waals surface area (Å²) >= 11 is 1.42. The Morgan fingerprint density at radius 2 is 1.69 bits per heavy atom. The fourth-order valence-corrected chi connectivity index (χ4v) is 4.52. The SMILES string of the molecule is C[C@H](Sc1nnc(-c2ccccc2)n1Cc1ccc2c(c1)OCO2)C(=O)c1ccccc1. The molecule has 1 atom stereocenters. The molecule has 0 saturated heterocycles. The van der Waals surface area contributed by atoms with Crippen molar-refractivity contribution in [3.63, 3.8) is 0 Å². The Labute approximate surface area is 190 Å². The molecule has 6 nitrogen and oxygen atoms in total. The Hall–Kier alpha value is -3.58. The van der Waals surface area contributed by atoms with E-state index in [4.69, 9.17) is 9.47 Å². The van der Waals surface area contributed by atoms with Crippen molar-refractivity contribution >= 4 is 17.5 Å². The molecule has 0 spiro atoms. The molecule has 2 heterocycles. The summed E-state index contributed by atoms with van der Waals surface area (Å²) in [5.74, 6) is 2.30. The van der Waals surface area contributed by atoms with Crippen LogP contribution in [0.15, 0.2) is 84.0 Å². The Balaban J connectivity index is 1.47. The van der Waals surface area contributed by atoms with Gasteiger partial charge in [0.15, 0.2) is 28.3 Å². The molecule has 0 bridgehead atoms. The van der Waals surface area contributed by atoms with E-state index < -0.39 is 0 Å². The highest BCUT2D eigenvalue weighted by molar-refractivity contribution is 8.00. The molecule has 0 unspecified atom stereocenters. The molecular weight excluding hydrogens is 422 g/mol. The van der Waals surface area contributed by atoms with Crippen LogP contribution >= 0.6 is 11.8 Å². The van der Waals surface area contributed by atoms with Gasteiger partial charge in [0.1, 0.15) is 0 Å². The predicted octanol–water partition coefficient (Wildman–Crippen LogP) is 5.09. The molecule has 0 radical (unpaired) electrons. The molecule has 3 aromatic carbocycles. The van der Waals surface area contributed by atoms with Crippen LogP contribution in [0.4, 0.5) is 0 Å². The first-order valence-electron chi connectivity index (χ1n) is 10.3. The van der Waals surface area contributed by atoms with E-state index in [1.807, 2.05) is 90.4 Å². The maximum absolute atomic E-state index is 12.9. The number of hydrogen-bond donors (Lipinski definition) is 0. The third-order valence-corrected chi connectivity index (χ3v) is 6.32. The van der Waals surface area contributed by atoms with Gasteiger partial charge in [-0.3, -0.25) is 9.36 Å². The number of ether oxygens (including phenoxy) is 2. The largest absolute Gasteiger partial charge is 0.454 e. The number of rotatable bonds is 7. The van der Waals surface area contributed by atoms with Gasteiger partial charge in [0.25, 0.3) is 0 Å². The van der Waals surface area contributed by atoms with Crippen LogP contribution in [0.25, 0.3) is 11.4 Å².